The third-order valence-electron chi connectivity index (χ3n) is 4.15. The summed E-state index contributed by atoms with van der Waals surface area (Å²) in [6.07, 6.45) is -1.52. The number of hydrogen-bond donors (Lipinski definition) is 1. The molecule has 0 radical (unpaired) electrons. The van der Waals surface area contributed by atoms with Gasteiger partial charge in [-0.15, -0.1) is 0 Å². The molecule has 0 spiro atoms. The van der Waals surface area contributed by atoms with Crippen molar-refractivity contribution in [1.29, 1.82) is 0 Å². The summed E-state index contributed by atoms with van der Waals surface area (Å²) < 4.78 is 45.1. The van der Waals surface area contributed by atoms with Crippen LogP contribution in [0.3, 0.4) is 0 Å². The van der Waals surface area contributed by atoms with Gasteiger partial charge in [0, 0.05) is 23.3 Å². The molecule has 0 amide bonds. The van der Waals surface area contributed by atoms with E-state index in [-0.39, 0.29) is 28.5 Å². The maximum absolute atomic E-state index is 12.8. The van der Waals surface area contributed by atoms with Crippen LogP contribution in [-0.2, 0) is 12.8 Å². The van der Waals surface area contributed by atoms with Gasteiger partial charge in [0.2, 0.25) is 5.89 Å². The van der Waals surface area contributed by atoms with Crippen molar-refractivity contribution in [2.75, 3.05) is 0 Å². The van der Waals surface area contributed by atoms with E-state index in [1.54, 1.807) is 18.2 Å². The fourth-order valence-corrected chi connectivity index (χ4v) is 2.82. The summed E-state index contributed by atoms with van der Waals surface area (Å²) in [4.78, 5) is 21.0. The minimum atomic E-state index is -4.47. The highest BCUT2D eigenvalue weighted by Gasteiger charge is 2.30. The molecule has 9 heteroatoms. The Kier molecular flexibility index (Phi) is 4.23. The summed E-state index contributed by atoms with van der Waals surface area (Å²) >= 11 is 0. The van der Waals surface area contributed by atoms with E-state index in [1.165, 1.54) is 29.1 Å². The molecule has 6 nitrogen and oxygen atoms in total. The molecule has 28 heavy (non-hydrogen) atoms. The number of nitrogens with zero attached hydrogens (tertiary/aromatic N) is 3. The van der Waals surface area contributed by atoms with Crippen molar-refractivity contribution in [3.63, 3.8) is 0 Å². The van der Waals surface area contributed by atoms with Gasteiger partial charge in [-0.25, -0.2) is 0 Å². The van der Waals surface area contributed by atoms with Crippen LogP contribution in [0.1, 0.15) is 11.5 Å². The quantitative estimate of drug-likeness (QED) is 0.581. The first-order valence-corrected chi connectivity index (χ1v) is 8.13. The van der Waals surface area contributed by atoms with Gasteiger partial charge in [0.25, 0.3) is 5.56 Å². The van der Waals surface area contributed by atoms with Gasteiger partial charge in [0.05, 0.1) is 5.56 Å². The standard InChI is InChI=1S/C19H12F3N3O3/c20-19(21,22)13-5-3-12(4-6-13)16-17(24-14(10-26)28-16)25-9-7-11-2-1-8-23-15(11)18(25)27/h1-9,26H,10H2. The number of benzene rings is 1. The Morgan fingerprint density at radius 2 is 1.86 bits per heavy atom. The normalized spacial score (nSPS) is 11.9. The number of aromatic nitrogens is 3. The van der Waals surface area contributed by atoms with E-state index < -0.39 is 23.9 Å². The number of fused-ring (bicyclic) bond motifs is 1. The SMILES string of the molecule is O=c1c2ncccc2ccn1-c1nc(CO)oc1-c1ccc(C(F)(F)F)cc1. The van der Waals surface area contributed by atoms with Crippen LogP contribution < -0.4 is 5.56 Å². The number of aliphatic hydroxyl groups is 1. The summed E-state index contributed by atoms with van der Waals surface area (Å²) in [6.45, 7) is -0.534. The lowest BCUT2D eigenvalue weighted by atomic mass is 10.1. The number of oxazole rings is 1. The van der Waals surface area contributed by atoms with Crippen molar-refractivity contribution in [1.82, 2.24) is 14.5 Å². The van der Waals surface area contributed by atoms with E-state index in [1.807, 2.05) is 0 Å². The van der Waals surface area contributed by atoms with Crippen LogP contribution in [0.4, 0.5) is 13.2 Å². The minimum absolute atomic E-state index is 0.0568. The van der Waals surface area contributed by atoms with E-state index in [4.69, 9.17) is 4.42 Å². The molecule has 0 saturated heterocycles. The molecule has 3 heterocycles. The van der Waals surface area contributed by atoms with Crippen LogP contribution in [0, 0.1) is 0 Å². The predicted octanol–water partition coefficient (Wildman–Crippen LogP) is 3.55. The minimum Gasteiger partial charge on any atom is -0.436 e. The van der Waals surface area contributed by atoms with Crippen molar-refractivity contribution in [3.05, 3.63) is 76.7 Å². The zero-order valence-electron chi connectivity index (χ0n) is 14.1. The molecule has 142 valence electrons. The molecule has 0 bridgehead atoms. The monoisotopic (exact) mass is 387 g/mol. The highest BCUT2D eigenvalue weighted by Crippen LogP contribution is 2.33. The average molecular weight is 387 g/mol. The summed E-state index contributed by atoms with van der Waals surface area (Å²) in [5.74, 6) is 0.0504. The number of alkyl halides is 3. The third kappa shape index (κ3) is 3.05. The fourth-order valence-electron chi connectivity index (χ4n) is 2.82. The molecule has 1 N–H and O–H groups in total. The van der Waals surface area contributed by atoms with E-state index >= 15 is 0 Å². The lowest BCUT2D eigenvalue weighted by Crippen LogP contribution is -2.19. The molecule has 0 atom stereocenters. The topological polar surface area (TPSA) is 81.2 Å². The molecular weight excluding hydrogens is 375 g/mol. The third-order valence-corrected chi connectivity index (χ3v) is 4.15. The van der Waals surface area contributed by atoms with Gasteiger partial charge in [-0.2, -0.15) is 18.2 Å². The van der Waals surface area contributed by atoms with Crippen LogP contribution in [0.2, 0.25) is 0 Å². The number of aliphatic hydroxyl groups excluding tert-OH is 1. The van der Waals surface area contributed by atoms with Gasteiger partial charge in [-0.05, 0) is 24.3 Å². The highest BCUT2D eigenvalue weighted by atomic mass is 19.4. The first-order valence-electron chi connectivity index (χ1n) is 8.13. The lowest BCUT2D eigenvalue weighted by molar-refractivity contribution is -0.137. The molecule has 3 aromatic heterocycles. The van der Waals surface area contributed by atoms with E-state index in [2.05, 4.69) is 9.97 Å². The van der Waals surface area contributed by atoms with Gasteiger partial charge in [0.1, 0.15) is 12.1 Å². The maximum Gasteiger partial charge on any atom is 0.416 e. The van der Waals surface area contributed by atoms with Crippen LogP contribution in [0.5, 0.6) is 0 Å². The number of halogens is 3. The van der Waals surface area contributed by atoms with E-state index in [0.717, 1.165) is 12.1 Å². The van der Waals surface area contributed by atoms with Gasteiger partial charge >= 0.3 is 6.18 Å². The maximum atomic E-state index is 12.8. The Labute approximate surface area is 155 Å². The summed E-state index contributed by atoms with van der Waals surface area (Å²) in [5, 5.41) is 9.99. The number of rotatable bonds is 3. The molecule has 4 rings (SSSR count). The molecule has 0 saturated carbocycles. The second-order valence-electron chi connectivity index (χ2n) is 5.93. The fraction of sp³-hybridized carbons (Fsp3) is 0.105. The summed E-state index contributed by atoms with van der Waals surface area (Å²) in [5.41, 5.74) is -0.795. The first kappa shape index (κ1) is 17.9. The van der Waals surface area contributed by atoms with Crippen molar-refractivity contribution in [2.45, 2.75) is 12.8 Å². The average Bonchev–Trinajstić information content (AvgIpc) is 3.12. The molecule has 1 aromatic carbocycles. The Hall–Kier alpha value is -3.46. The second-order valence-corrected chi connectivity index (χ2v) is 5.93. The smallest absolute Gasteiger partial charge is 0.416 e. The van der Waals surface area contributed by atoms with Crippen molar-refractivity contribution in [3.8, 4) is 17.1 Å². The van der Waals surface area contributed by atoms with E-state index in [9.17, 15) is 23.1 Å². The van der Waals surface area contributed by atoms with Crippen molar-refractivity contribution >= 4 is 10.9 Å². The Balaban J connectivity index is 1.89. The largest absolute Gasteiger partial charge is 0.436 e. The molecule has 0 aliphatic carbocycles. The number of hydrogen-bond acceptors (Lipinski definition) is 5. The van der Waals surface area contributed by atoms with Crippen molar-refractivity contribution in [2.24, 2.45) is 0 Å². The van der Waals surface area contributed by atoms with Crippen LogP contribution in [0.15, 0.2) is 64.1 Å². The summed E-state index contributed by atoms with van der Waals surface area (Å²) in [6, 6.07) is 9.34. The van der Waals surface area contributed by atoms with Crippen LogP contribution >= 0.6 is 0 Å². The van der Waals surface area contributed by atoms with Crippen molar-refractivity contribution < 1.29 is 22.7 Å². The molecule has 0 fully saturated rings. The number of pyridine rings is 2. The Morgan fingerprint density at radius 1 is 1.11 bits per heavy atom. The van der Waals surface area contributed by atoms with Gasteiger partial charge < -0.3 is 9.52 Å². The van der Waals surface area contributed by atoms with Crippen LogP contribution in [-0.4, -0.2) is 19.6 Å². The second kappa shape index (κ2) is 6.61. The predicted molar refractivity (Wildman–Crippen MR) is 93.8 cm³/mol. The van der Waals surface area contributed by atoms with Gasteiger partial charge in [-0.3, -0.25) is 14.3 Å². The molecule has 0 aliphatic rings. The highest BCUT2D eigenvalue weighted by molar-refractivity contribution is 5.77. The van der Waals surface area contributed by atoms with Gasteiger partial charge in [0.15, 0.2) is 11.6 Å². The van der Waals surface area contributed by atoms with Crippen LogP contribution in [0.25, 0.3) is 28.0 Å². The first-order chi connectivity index (χ1) is 13.4. The molecular formula is C19H12F3N3O3. The zero-order valence-corrected chi connectivity index (χ0v) is 14.1. The Morgan fingerprint density at radius 3 is 2.54 bits per heavy atom. The Bertz CT molecular complexity index is 1210. The molecule has 4 aromatic rings. The lowest BCUT2D eigenvalue weighted by Gasteiger charge is -2.08. The molecule has 0 unspecified atom stereocenters. The molecule has 0 aliphatic heterocycles. The zero-order chi connectivity index (χ0) is 19.9. The van der Waals surface area contributed by atoms with Gasteiger partial charge in [-0.1, -0.05) is 18.2 Å². The summed E-state index contributed by atoms with van der Waals surface area (Å²) in [7, 11) is 0. The van der Waals surface area contributed by atoms with E-state index in [0.29, 0.717) is 5.39 Å².